The molecule has 165 valence electrons. The topological polar surface area (TPSA) is 170 Å². The Balaban J connectivity index is 4.11. The van der Waals surface area contributed by atoms with Gasteiger partial charge in [0.15, 0.2) is 0 Å². The van der Waals surface area contributed by atoms with E-state index in [-0.39, 0.29) is 32.3 Å². The van der Waals surface area contributed by atoms with Crippen LogP contribution in [0.5, 0.6) is 0 Å². The van der Waals surface area contributed by atoms with Gasteiger partial charge in [-0.25, -0.2) is 9.15 Å². The van der Waals surface area contributed by atoms with Crippen LogP contribution in [0.15, 0.2) is 0 Å². The number of hydrogen-bond donors (Lipinski definition) is 4. The molecule has 0 rings (SSSR count). The molecule has 0 fully saturated rings. The number of aliphatic hydroxyl groups excluding tert-OH is 1. The zero-order chi connectivity index (χ0) is 21.8. The molecule has 28 heavy (non-hydrogen) atoms. The molecule has 0 saturated heterocycles. The van der Waals surface area contributed by atoms with Crippen molar-refractivity contribution in [3.05, 3.63) is 0 Å². The Morgan fingerprint density at radius 2 is 1.89 bits per heavy atom. The fraction of sp³-hybridized carbons (Fsp3) is 0.857. The van der Waals surface area contributed by atoms with Gasteiger partial charge >= 0.3 is 30.3 Å². The summed E-state index contributed by atoms with van der Waals surface area (Å²) in [5, 5.41) is 9.30. The summed E-state index contributed by atoms with van der Waals surface area (Å²) < 4.78 is 28.0. The van der Waals surface area contributed by atoms with E-state index >= 15 is 0 Å². The molecule has 14 heteroatoms. The van der Waals surface area contributed by atoms with Gasteiger partial charge in [-0.1, -0.05) is 0 Å². The summed E-state index contributed by atoms with van der Waals surface area (Å²) in [5.74, 6) is -1.85. The average Bonchev–Trinajstić information content (AvgIpc) is 2.68. The van der Waals surface area contributed by atoms with Gasteiger partial charge in [-0.15, -0.1) is 0 Å². The van der Waals surface area contributed by atoms with Gasteiger partial charge in [-0.3, -0.25) is 9.59 Å². The minimum atomic E-state index is -4.16. The molecule has 0 aliphatic carbocycles. The number of rotatable bonds is 15. The van der Waals surface area contributed by atoms with E-state index in [9.17, 15) is 24.3 Å². The van der Waals surface area contributed by atoms with Crippen molar-refractivity contribution in [3.8, 4) is 0 Å². The summed E-state index contributed by atoms with van der Waals surface area (Å²) in [6, 6.07) is -0.224. The van der Waals surface area contributed by atoms with Crippen LogP contribution in [-0.2, 0) is 37.4 Å². The smallest absolute Gasteiger partial charge is 0.468 e. The van der Waals surface area contributed by atoms with E-state index in [4.69, 9.17) is 14.3 Å². The van der Waals surface area contributed by atoms with E-state index in [2.05, 4.69) is 18.3 Å². The van der Waals surface area contributed by atoms with Crippen molar-refractivity contribution in [2.24, 2.45) is 11.3 Å². The molecule has 1 radical (unpaired) electrons. The van der Waals surface area contributed by atoms with E-state index in [1.807, 2.05) is 0 Å². The lowest BCUT2D eigenvalue weighted by atomic mass is 9.93. The lowest BCUT2D eigenvalue weighted by Gasteiger charge is -2.24. The first kappa shape index (κ1) is 27.1. The largest absolute Gasteiger partial charge is 0.603 e. The van der Waals surface area contributed by atoms with Gasteiger partial charge in [0.1, 0.15) is 5.41 Å². The number of aliphatic hydroxyl groups is 1. The van der Waals surface area contributed by atoms with Gasteiger partial charge in [-0.05, 0) is 20.3 Å². The van der Waals surface area contributed by atoms with Crippen molar-refractivity contribution in [2.45, 2.75) is 26.3 Å². The molecule has 0 spiro atoms. The third-order valence-corrected chi connectivity index (χ3v) is 5.63. The Morgan fingerprint density at radius 3 is 2.43 bits per heavy atom. The molecule has 12 nitrogen and oxygen atoms in total. The number of hydrogen-bond acceptors (Lipinski definition) is 12. The van der Waals surface area contributed by atoms with Crippen molar-refractivity contribution in [1.82, 2.24) is 0 Å². The molecular weight excluding hydrogens is 416 g/mol. The summed E-state index contributed by atoms with van der Waals surface area (Å²) in [7, 11) is -4.49. The first-order chi connectivity index (χ1) is 13.0. The summed E-state index contributed by atoms with van der Waals surface area (Å²) in [6.07, 6.45) is 0.0906. The summed E-state index contributed by atoms with van der Waals surface area (Å²) in [5.41, 5.74) is -1.23. The zero-order valence-electron chi connectivity index (χ0n) is 16.4. The molecule has 0 bridgehead atoms. The third-order valence-electron chi connectivity index (χ3n) is 3.53. The van der Waals surface area contributed by atoms with Crippen LogP contribution in [0, 0.1) is 11.3 Å². The van der Waals surface area contributed by atoms with E-state index in [0.717, 1.165) is 0 Å². The van der Waals surface area contributed by atoms with Gasteiger partial charge in [0.25, 0.3) is 0 Å². The maximum Gasteiger partial charge on any atom is 0.603 e. The molecule has 0 aromatic rings. The maximum atomic E-state index is 11.9. The lowest BCUT2D eigenvalue weighted by molar-refractivity contribution is -0.185. The van der Waals surface area contributed by atoms with Crippen molar-refractivity contribution >= 4 is 30.3 Å². The van der Waals surface area contributed by atoms with Crippen molar-refractivity contribution in [1.29, 1.82) is 0 Å². The predicted molar refractivity (Wildman–Crippen MR) is 94.9 cm³/mol. The van der Waals surface area contributed by atoms with E-state index < -0.39 is 48.2 Å². The van der Waals surface area contributed by atoms with Crippen molar-refractivity contribution < 1.29 is 56.9 Å². The number of carbonyl (C=O) groups is 2. The normalized spacial score (nSPS) is 15.2. The van der Waals surface area contributed by atoms with Crippen LogP contribution in [0.3, 0.4) is 0 Å². The van der Waals surface area contributed by atoms with Gasteiger partial charge < -0.3 is 38.1 Å². The summed E-state index contributed by atoms with van der Waals surface area (Å²) >= 11 is 0. The minimum Gasteiger partial charge on any atom is -0.468 e. The average molecular weight is 446 g/mol. The summed E-state index contributed by atoms with van der Waals surface area (Å²) in [6.45, 7) is 2.28. The predicted octanol–water partition coefficient (Wildman–Crippen LogP) is -1.76. The zero-order valence-corrected chi connectivity index (χ0v) is 18.4. The van der Waals surface area contributed by atoms with Crippen LogP contribution in [0.4, 0.5) is 0 Å². The second kappa shape index (κ2) is 13.3. The SMILES string of the molecule is COC(=O)C(C)(CO)COCC(C)C(=O)OCCC[Si](O)(O)OO[Si](O)OC. The van der Waals surface area contributed by atoms with Crippen LogP contribution >= 0.6 is 0 Å². The lowest BCUT2D eigenvalue weighted by Crippen LogP contribution is -2.41. The van der Waals surface area contributed by atoms with Gasteiger partial charge in [0.2, 0.25) is 0 Å². The highest BCUT2D eigenvalue weighted by Crippen LogP contribution is 2.18. The fourth-order valence-electron chi connectivity index (χ4n) is 1.74. The Hall–Kier alpha value is -0.946. The molecule has 0 heterocycles. The van der Waals surface area contributed by atoms with Crippen LogP contribution in [0.25, 0.3) is 0 Å². The first-order valence-corrected chi connectivity index (χ1v) is 11.6. The monoisotopic (exact) mass is 445 g/mol. The van der Waals surface area contributed by atoms with Crippen LogP contribution < -0.4 is 0 Å². The van der Waals surface area contributed by atoms with Crippen LogP contribution in [0.1, 0.15) is 20.3 Å². The Morgan fingerprint density at radius 1 is 1.25 bits per heavy atom. The van der Waals surface area contributed by atoms with E-state index in [1.54, 1.807) is 6.92 Å². The number of esters is 2. The second-order valence-corrected chi connectivity index (χ2v) is 9.54. The minimum absolute atomic E-state index is 0.0423. The standard InChI is InChI=1S/C14H29O12Si2/c1-11(8-23-10-14(2,9-15)13(17)21-3)12(16)24-6-5-7-28(19,20)26-25-27(18)22-4/h11,15,18-20H,5-10H2,1-4H3. The molecule has 0 aliphatic heterocycles. The van der Waals surface area contributed by atoms with Gasteiger partial charge in [0, 0.05) is 13.2 Å². The second-order valence-electron chi connectivity index (χ2n) is 6.28. The van der Waals surface area contributed by atoms with Crippen LogP contribution in [0.2, 0.25) is 6.04 Å². The highest BCUT2D eigenvalue weighted by molar-refractivity contribution is 6.57. The van der Waals surface area contributed by atoms with E-state index in [0.29, 0.717) is 0 Å². The quantitative estimate of drug-likeness (QED) is 0.0737. The third kappa shape index (κ3) is 10.6. The summed E-state index contributed by atoms with van der Waals surface area (Å²) in [4.78, 5) is 51.7. The molecule has 0 aromatic carbocycles. The molecule has 0 saturated carbocycles. The molecular formula is C14H29O12Si2. The van der Waals surface area contributed by atoms with Gasteiger partial charge in [0.05, 0.1) is 39.5 Å². The van der Waals surface area contributed by atoms with Crippen molar-refractivity contribution in [3.63, 3.8) is 0 Å². The number of carbonyl (C=O) groups excluding carboxylic acids is 2. The molecule has 2 atom stereocenters. The van der Waals surface area contributed by atoms with Crippen molar-refractivity contribution in [2.75, 3.05) is 40.6 Å². The van der Waals surface area contributed by atoms with Crippen LogP contribution in [-0.4, -0.2) is 90.4 Å². The maximum absolute atomic E-state index is 11.9. The Bertz CT molecular complexity index is 477. The Kier molecular flexibility index (Phi) is 12.9. The molecule has 0 amide bonds. The molecule has 4 N–H and O–H groups in total. The number of methoxy groups -OCH3 is 1. The molecule has 0 aromatic heterocycles. The van der Waals surface area contributed by atoms with Gasteiger partial charge in [-0.2, -0.15) is 0 Å². The Labute approximate surface area is 166 Å². The molecule has 2 unspecified atom stereocenters. The highest BCUT2D eigenvalue weighted by atomic mass is 28.4. The van der Waals surface area contributed by atoms with E-state index in [1.165, 1.54) is 21.1 Å². The molecule has 0 aliphatic rings. The first-order valence-electron chi connectivity index (χ1n) is 8.35. The highest BCUT2D eigenvalue weighted by Gasteiger charge is 2.36. The number of ether oxygens (including phenoxy) is 3. The fourth-order valence-corrected chi connectivity index (χ4v) is 3.32.